The largest absolute Gasteiger partial charge is 0.545 e. The van der Waals surface area contributed by atoms with Gasteiger partial charge >= 0.3 is 0 Å². The normalized spacial score (nSPS) is 17.0. The molecule has 1 N–H and O–H groups in total. The van der Waals surface area contributed by atoms with Gasteiger partial charge in [0.25, 0.3) is 0 Å². The van der Waals surface area contributed by atoms with Crippen molar-refractivity contribution in [2.75, 3.05) is 23.3 Å². The SMILES string of the molecule is CC1CCCN(c2cc(Nc3ccc(C(=O)[O-])cc3)c3c4c(onc24)-c2ccccc2C3=O)C1. The van der Waals surface area contributed by atoms with Crippen LogP contribution in [0.15, 0.2) is 59.1 Å². The van der Waals surface area contributed by atoms with E-state index in [9.17, 15) is 14.7 Å². The summed E-state index contributed by atoms with van der Waals surface area (Å²) in [5.41, 5.74) is 4.87. The smallest absolute Gasteiger partial charge is 0.196 e. The first kappa shape index (κ1) is 20.5. The quantitative estimate of drug-likeness (QED) is 0.432. The van der Waals surface area contributed by atoms with E-state index in [1.807, 2.05) is 24.3 Å². The molecule has 0 bridgehead atoms. The fourth-order valence-electron chi connectivity index (χ4n) is 5.14. The minimum atomic E-state index is -1.23. The molecule has 0 saturated carbocycles. The Bertz CT molecular complexity index is 1460. The Hall–Kier alpha value is -4.13. The monoisotopic (exact) mass is 452 g/mol. The highest BCUT2D eigenvalue weighted by molar-refractivity contribution is 6.28. The number of hydrogen-bond acceptors (Lipinski definition) is 7. The number of aromatic nitrogens is 1. The molecule has 2 aliphatic rings. The molecule has 1 aromatic heterocycles. The number of ketones is 1. The lowest BCUT2D eigenvalue weighted by atomic mass is 9.86. The van der Waals surface area contributed by atoms with E-state index in [2.05, 4.69) is 22.3 Å². The van der Waals surface area contributed by atoms with Gasteiger partial charge in [-0.15, -0.1) is 0 Å². The van der Waals surface area contributed by atoms with Crippen LogP contribution in [-0.2, 0) is 0 Å². The molecule has 1 aliphatic carbocycles. The second-order valence-electron chi connectivity index (χ2n) is 9.11. The van der Waals surface area contributed by atoms with Crippen LogP contribution in [0.4, 0.5) is 17.1 Å². The third kappa shape index (κ3) is 3.15. The molecule has 0 amide bonds. The summed E-state index contributed by atoms with van der Waals surface area (Å²) in [6.07, 6.45) is 2.27. The highest BCUT2D eigenvalue weighted by Crippen LogP contribution is 2.46. The van der Waals surface area contributed by atoms with Crippen LogP contribution in [0.2, 0.25) is 0 Å². The first-order chi connectivity index (χ1) is 16.5. The number of benzene rings is 3. The van der Waals surface area contributed by atoms with E-state index < -0.39 is 5.97 Å². The molecule has 1 fully saturated rings. The molecule has 7 heteroatoms. The maximum absolute atomic E-state index is 13.7. The van der Waals surface area contributed by atoms with Crippen molar-refractivity contribution in [1.82, 2.24) is 5.16 Å². The van der Waals surface area contributed by atoms with Crippen LogP contribution in [0, 0.1) is 5.92 Å². The van der Waals surface area contributed by atoms with Crippen LogP contribution in [0.3, 0.4) is 0 Å². The Morgan fingerprint density at radius 1 is 1.15 bits per heavy atom. The minimum absolute atomic E-state index is 0.0938. The van der Waals surface area contributed by atoms with E-state index in [4.69, 9.17) is 4.52 Å². The zero-order valence-electron chi connectivity index (χ0n) is 18.6. The van der Waals surface area contributed by atoms with Crippen molar-refractivity contribution < 1.29 is 19.2 Å². The summed E-state index contributed by atoms with van der Waals surface area (Å²) in [6, 6.07) is 15.7. The molecule has 4 aromatic rings. The van der Waals surface area contributed by atoms with Crippen LogP contribution in [-0.4, -0.2) is 30.0 Å². The fourth-order valence-corrected chi connectivity index (χ4v) is 5.14. The Balaban J connectivity index is 1.56. The molecule has 6 rings (SSSR count). The fraction of sp³-hybridized carbons (Fsp3) is 0.222. The van der Waals surface area contributed by atoms with Gasteiger partial charge in [-0.1, -0.05) is 48.5 Å². The first-order valence-corrected chi connectivity index (χ1v) is 11.4. The standard InChI is InChI=1S/C27H23N3O4/c1-15-5-4-12-30(14-15)21-13-20(28-17-10-8-16(9-11-17)27(32)33)22-23-24(21)29-34-26(23)19-7-3-2-6-18(19)25(22)31/h2-3,6-11,13,15,28H,4-5,12,14H2,1H3,(H,32,33)/p-1. The highest BCUT2D eigenvalue weighted by Gasteiger charge is 2.34. The van der Waals surface area contributed by atoms with Gasteiger partial charge in [0.2, 0.25) is 0 Å². The number of anilines is 3. The lowest BCUT2D eigenvalue weighted by Gasteiger charge is -2.33. The summed E-state index contributed by atoms with van der Waals surface area (Å²) >= 11 is 0. The molecule has 1 saturated heterocycles. The lowest BCUT2D eigenvalue weighted by molar-refractivity contribution is -0.255. The van der Waals surface area contributed by atoms with E-state index in [1.165, 1.54) is 18.6 Å². The molecule has 3 aromatic carbocycles. The van der Waals surface area contributed by atoms with Gasteiger partial charge < -0.3 is 24.6 Å². The number of hydrogen-bond donors (Lipinski definition) is 1. The maximum atomic E-state index is 13.7. The van der Waals surface area contributed by atoms with Crippen LogP contribution < -0.4 is 15.3 Å². The second-order valence-corrected chi connectivity index (χ2v) is 9.11. The molecule has 1 atom stereocenters. The van der Waals surface area contributed by atoms with Gasteiger partial charge in [-0.3, -0.25) is 4.79 Å². The molecular weight excluding hydrogens is 430 g/mol. The van der Waals surface area contributed by atoms with Crippen LogP contribution in [0.1, 0.15) is 46.0 Å². The zero-order chi connectivity index (χ0) is 23.4. The molecule has 7 nitrogen and oxygen atoms in total. The minimum Gasteiger partial charge on any atom is -0.545 e. The molecular formula is C27H22N3O4-. The molecule has 1 aliphatic heterocycles. The molecule has 1 unspecified atom stereocenters. The molecule has 2 heterocycles. The maximum Gasteiger partial charge on any atom is 0.196 e. The summed E-state index contributed by atoms with van der Waals surface area (Å²) in [4.78, 5) is 27.1. The van der Waals surface area contributed by atoms with Crippen molar-refractivity contribution in [1.29, 1.82) is 0 Å². The Labute approximate surface area is 196 Å². The Kier molecular flexibility index (Phi) is 4.65. The van der Waals surface area contributed by atoms with Gasteiger partial charge in [0.05, 0.1) is 28.3 Å². The molecule has 0 radical (unpaired) electrons. The highest BCUT2D eigenvalue weighted by atomic mass is 16.5. The van der Waals surface area contributed by atoms with E-state index in [1.54, 1.807) is 18.2 Å². The second kappa shape index (κ2) is 7.73. The van der Waals surface area contributed by atoms with E-state index >= 15 is 0 Å². The lowest BCUT2D eigenvalue weighted by Crippen LogP contribution is -2.34. The number of fused-ring (bicyclic) bond motifs is 2. The number of carbonyl (C=O) groups is 2. The van der Waals surface area contributed by atoms with Gasteiger partial charge in [-0.05, 0) is 42.5 Å². The van der Waals surface area contributed by atoms with Crippen LogP contribution in [0.25, 0.3) is 22.2 Å². The number of piperidine rings is 1. The predicted octanol–water partition coefficient (Wildman–Crippen LogP) is 4.38. The molecule has 0 spiro atoms. The zero-order valence-corrected chi connectivity index (χ0v) is 18.6. The average molecular weight is 452 g/mol. The van der Waals surface area contributed by atoms with E-state index in [0.717, 1.165) is 30.8 Å². The average Bonchev–Trinajstić information content (AvgIpc) is 3.28. The number of nitrogens with zero attached hydrogens (tertiary/aromatic N) is 2. The summed E-state index contributed by atoms with van der Waals surface area (Å²) < 4.78 is 5.85. The van der Waals surface area contributed by atoms with Gasteiger partial charge in [0.1, 0.15) is 5.52 Å². The Morgan fingerprint density at radius 2 is 1.91 bits per heavy atom. The van der Waals surface area contributed by atoms with Gasteiger partial charge in [0, 0.05) is 29.9 Å². The number of nitrogens with one attached hydrogen (secondary N) is 1. The van der Waals surface area contributed by atoms with Crippen molar-refractivity contribution in [3.05, 3.63) is 71.3 Å². The van der Waals surface area contributed by atoms with Crippen molar-refractivity contribution in [3.63, 3.8) is 0 Å². The van der Waals surface area contributed by atoms with Crippen LogP contribution >= 0.6 is 0 Å². The van der Waals surface area contributed by atoms with E-state index in [-0.39, 0.29) is 11.3 Å². The third-order valence-electron chi connectivity index (χ3n) is 6.78. The number of carbonyl (C=O) groups excluding carboxylic acids is 2. The first-order valence-electron chi connectivity index (χ1n) is 11.4. The summed E-state index contributed by atoms with van der Waals surface area (Å²) in [5.74, 6) is -0.171. The number of carboxylic acid groups (broad SMARTS) is 1. The van der Waals surface area contributed by atoms with Crippen molar-refractivity contribution in [2.24, 2.45) is 5.92 Å². The van der Waals surface area contributed by atoms with Crippen molar-refractivity contribution in [3.8, 4) is 11.3 Å². The number of aromatic carboxylic acids is 1. The van der Waals surface area contributed by atoms with Gasteiger partial charge in [-0.25, -0.2) is 0 Å². The van der Waals surface area contributed by atoms with Gasteiger partial charge in [0.15, 0.2) is 11.5 Å². The summed E-state index contributed by atoms with van der Waals surface area (Å²) in [6.45, 7) is 4.05. The van der Waals surface area contributed by atoms with Crippen LogP contribution in [0.5, 0.6) is 0 Å². The third-order valence-corrected chi connectivity index (χ3v) is 6.78. The topological polar surface area (TPSA) is 98.5 Å². The van der Waals surface area contributed by atoms with Gasteiger partial charge in [-0.2, -0.15) is 0 Å². The molecule has 34 heavy (non-hydrogen) atoms. The Morgan fingerprint density at radius 3 is 2.65 bits per heavy atom. The summed E-state index contributed by atoms with van der Waals surface area (Å²) in [5, 5.41) is 19.6. The van der Waals surface area contributed by atoms with Crippen molar-refractivity contribution >= 4 is 39.7 Å². The molecule has 170 valence electrons. The van der Waals surface area contributed by atoms with E-state index in [0.29, 0.717) is 45.1 Å². The van der Waals surface area contributed by atoms with Crippen molar-refractivity contribution in [2.45, 2.75) is 19.8 Å². The number of rotatable bonds is 4. The summed E-state index contributed by atoms with van der Waals surface area (Å²) in [7, 11) is 0. The number of carboxylic acids is 1. The predicted molar refractivity (Wildman–Crippen MR) is 128 cm³/mol.